The number of rotatable bonds is 3. The Kier molecular flexibility index (Phi) is 4.71. The van der Waals surface area contributed by atoms with Crippen LogP contribution in [-0.4, -0.2) is 16.0 Å². The van der Waals surface area contributed by atoms with Crippen LogP contribution >= 0.6 is 0 Å². The van der Waals surface area contributed by atoms with Crippen LogP contribution in [0.25, 0.3) is 0 Å². The standard InChI is InChI=1S/C16H29N5/c1-10-6-8-12(9-7-10)18-13-11(2)14(21-17)20-15(19-13)16(3,4)5/h10,12H,6-9,17H2,1-5H3,(H2,18,19,20,21). The van der Waals surface area contributed by atoms with E-state index in [0.29, 0.717) is 11.9 Å². The Morgan fingerprint density at radius 3 is 2.14 bits per heavy atom. The summed E-state index contributed by atoms with van der Waals surface area (Å²) in [5.41, 5.74) is 3.59. The first-order valence-electron chi connectivity index (χ1n) is 7.93. The fraction of sp³-hybridized carbons (Fsp3) is 0.750. The Hall–Kier alpha value is -1.36. The lowest BCUT2D eigenvalue weighted by atomic mass is 9.87. The van der Waals surface area contributed by atoms with Gasteiger partial charge in [0, 0.05) is 17.0 Å². The molecule has 1 aromatic rings. The largest absolute Gasteiger partial charge is 0.367 e. The number of nitrogen functional groups attached to an aromatic ring is 1. The molecule has 2 rings (SSSR count). The number of nitrogens with zero attached hydrogens (tertiary/aromatic N) is 2. The van der Waals surface area contributed by atoms with E-state index in [1.807, 2.05) is 6.92 Å². The maximum atomic E-state index is 5.62. The molecule has 0 bridgehead atoms. The molecule has 21 heavy (non-hydrogen) atoms. The molecule has 1 aliphatic carbocycles. The van der Waals surface area contributed by atoms with Crippen LogP contribution < -0.4 is 16.6 Å². The number of hydrazine groups is 1. The SMILES string of the molecule is Cc1c(NN)nc(C(C)(C)C)nc1NC1CCC(C)CC1. The third-order valence-corrected chi connectivity index (χ3v) is 4.31. The van der Waals surface area contributed by atoms with Crippen LogP contribution in [0.1, 0.15) is 64.8 Å². The molecule has 0 aromatic carbocycles. The van der Waals surface area contributed by atoms with Gasteiger partial charge in [0.05, 0.1) is 0 Å². The Bertz CT molecular complexity index is 484. The summed E-state index contributed by atoms with van der Waals surface area (Å²) in [6.45, 7) is 10.7. The van der Waals surface area contributed by atoms with Crippen LogP contribution in [0.5, 0.6) is 0 Å². The maximum Gasteiger partial charge on any atom is 0.148 e. The highest BCUT2D eigenvalue weighted by Gasteiger charge is 2.23. The number of anilines is 2. The topological polar surface area (TPSA) is 75.9 Å². The minimum Gasteiger partial charge on any atom is -0.367 e. The van der Waals surface area contributed by atoms with Gasteiger partial charge in [0.25, 0.3) is 0 Å². The van der Waals surface area contributed by atoms with Crippen LogP contribution in [0.2, 0.25) is 0 Å². The summed E-state index contributed by atoms with van der Waals surface area (Å²) in [6, 6.07) is 0.508. The normalized spacial score (nSPS) is 23.0. The van der Waals surface area contributed by atoms with E-state index in [4.69, 9.17) is 10.8 Å². The van der Waals surface area contributed by atoms with E-state index >= 15 is 0 Å². The Morgan fingerprint density at radius 1 is 1.05 bits per heavy atom. The van der Waals surface area contributed by atoms with Crippen molar-refractivity contribution in [3.05, 3.63) is 11.4 Å². The van der Waals surface area contributed by atoms with Crippen molar-refractivity contribution in [2.24, 2.45) is 11.8 Å². The van der Waals surface area contributed by atoms with Gasteiger partial charge < -0.3 is 10.7 Å². The average molecular weight is 291 g/mol. The number of hydrogen-bond donors (Lipinski definition) is 3. The molecule has 0 saturated heterocycles. The van der Waals surface area contributed by atoms with Gasteiger partial charge in [0.15, 0.2) is 0 Å². The van der Waals surface area contributed by atoms with Gasteiger partial charge in [-0.2, -0.15) is 0 Å². The Balaban J connectivity index is 2.25. The van der Waals surface area contributed by atoms with Crippen molar-refractivity contribution < 1.29 is 0 Å². The first kappa shape index (κ1) is 16.0. The molecular weight excluding hydrogens is 262 g/mol. The zero-order valence-corrected chi connectivity index (χ0v) is 14.0. The highest BCUT2D eigenvalue weighted by molar-refractivity contribution is 5.57. The summed E-state index contributed by atoms with van der Waals surface area (Å²) < 4.78 is 0. The van der Waals surface area contributed by atoms with Gasteiger partial charge in [0.2, 0.25) is 0 Å². The first-order valence-corrected chi connectivity index (χ1v) is 7.93. The third-order valence-electron chi connectivity index (χ3n) is 4.31. The molecular formula is C16H29N5. The number of aromatic nitrogens is 2. The molecule has 0 unspecified atom stereocenters. The average Bonchev–Trinajstić information content (AvgIpc) is 2.42. The summed E-state index contributed by atoms with van der Waals surface area (Å²) in [6.07, 6.45) is 4.99. The predicted octanol–water partition coefficient (Wildman–Crippen LogP) is 3.36. The second kappa shape index (κ2) is 6.18. The molecule has 5 nitrogen and oxygen atoms in total. The molecule has 1 fully saturated rings. The van der Waals surface area contributed by atoms with Gasteiger partial charge in [-0.3, -0.25) is 0 Å². The van der Waals surface area contributed by atoms with E-state index in [-0.39, 0.29) is 5.41 Å². The van der Waals surface area contributed by atoms with E-state index < -0.39 is 0 Å². The lowest BCUT2D eigenvalue weighted by Gasteiger charge is -2.29. The molecule has 1 aliphatic rings. The highest BCUT2D eigenvalue weighted by Crippen LogP contribution is 2.29. The zero-order chi connectivity index (χ0) is 15.6. The van der Waals surface area contributed by atoms with Gasteiger partial charge in [0.1, 0.15) is 17.5 Å². The van der Waals surface area contributed by atoms with Gasteiger partial charge in [-0.25, -0.2) is 15.8 Å². The molecule has 1 aromatic heterocycles. The second-order valence-corrected chi connectivity index (χ2v) is 7.36. The predicted molar refractivity (Wildman–Crippen MR) is 88.3 cm³/mol. The van der Waals surface area contributed by atoms with Gasteiger partial charge >= 0.3 is 0 Å². The van der Waals surface area contributed by atoms with Crippen LogP contribution in [0.15, 0.2) is 0 Å². The summed E-state index contributed by atoms with van der Waals surface area (Å²) >= 11 is 0. The number of hydrogen-bond acceptors (Lipinski definition) is 5. The maximum absolute atomic E-state index is 5.62. The monoisotopic (exact) mass is 291 g/mol. The van der Waals surface area contributed by atoms with E-state index in [2.05, 4.69) is 43.4 Å². The van der Waals surface area contributed by atoms with Crippen molar-refractivity contribution in [3.8, 4) is 0 Å². The summed E-state index contributed by atoms with van der Waals surface area (Å²) in [4.78, 5) is 9.29. The smallest absolute Gasteiger partial charge is 0.148 e. The minimum absolute atomic E-state index is 0.100. The van der Waals surface area contributed by atoms with Crippen molar-refractivity contribution in [2.45, 2.75) is 71.8 Å². The Morgan fingerprint density at radius 2 is 1.62 bits per heavy atom. The summed E-state index contributed by atoms with van der Waals surface area (Å²) in [5.74, 6) is 8.90. The molecule has 0 spiro atoms. The van der Waals surface area contributed by atoms with Crippen molar-refractivity contribution in [1.82, 2.24) is 9.97 Å². The third kappa shape index (κ3) is 3.84. The molecule has 0 amide bonds. The lowest BCUT2D eigenvalue weighted by Crippen LogP contribution is -2.28. The van der Waals surface area contributed by atoms with E-state index in [0.717, 1.165) is 23.1 Å². The molecule has 0 radical (unpaired) electrons. The fourth-order valence-electron chi connectivity index (χ4n) is 2.73. The highest BCUT2D eigenvalue weighted by atomic mass is 15.3. The molecule has 0 aliphatic heterocycles. The van der Waals surface area contributed by atoms with E-state index in [1.165, 1.54) is 25.7 Å². The van der Waals surface area contributed by atoms with Gasteiger partial charge in [-0.15, -0.1) is 0 Å². The fourth-order valence-corrected chi connectivity index (χ4v) is 2.73. The number of nitrogens with one attached hydrogen (secondary N) is 2. The quantitative estimate of drug-likeness (QED) is 0.588. The van der Waals surface area contributed by atoms with Gasteiger partial charge in [-0.05, 0) is 38.5 Å². The van der Waals surface area contributed by atoms with Gasteiger partial charge in [-0.1, -0.05) is 27.7 Å². The molecule has 1 saturated carbocycles. The van der Waals surface area contributed by atoms with Crippen molar-refractivity contribution in [3.63, 3.8) is 0 Å². The molecule has 4 N–H and O–H groups in total. The number of nitrogens with two attached hydrogens (primary N) is 1. The summed E-state index contributed by atoms with van der Waals surface area (Å²) in [7, 11) is 0. The van der Waals surface area contributed by atoms with Crippen molar-refractivity contribution >= 4 is 11.6 Å². The second-order valence-electron chi connectivity index (χ2n) is 7.36. The van der Waals surface area contributed by atoms with Crippen LogP contribution in [-0.2, 0) is 5.41 Å². The van der Waals surface area contributed by atoms with Crippen LogP contribution in [0.3, 0.4) is 0 Å². The zero-order valence-electron chi connectivity index (χ0n) is 14.0. The summed E-state index contributed by atoms with van der Waals surface area (Å²) in [5, 5.41) is 3.61. The van der Waals surface area contributed by atoms with Crippen molar-refractivity contribution in [2.75, 3.05) is 10.7 Å². The van der Waals surface area contributed by atoms with E-state index in [9.17, 15) is 0 Å². The van der Waals surface area contributed by atoms with Crippen molar-refractivity contribution in [1.29, 1.82) is 0 Å². The van der Waals surface area contributed by atoms with Crippen LogP contribution in [0, 0.1) is 12.8 Å². The minimum atomic E-state index is -0.100. The molecule has 118 valence electrons. The molecule has 5 heteroatoms. The molecule has 0 atom stereocenters. The first-order chi connectivity index (χ1) is 9.81. The van der Waals surface area contributed by atoms with Crippen LogP contribution in [0.4, 0.5) is 11.6 Å². The molecule has 1 heterocycles. The van der Waals surface area contributed by atoms with E-state index in [1.54, 1.807) is 0 Å². The Labute approximate surface area is 128 Å². The lowest BCUT2D eigenvalue weighted by molar-refractivity contribution is 0.360.